The highest BCUT2D eigenvalue weighted by Crippen LogP contribution is 2.28. The second-order valence-electron chi connectivity index (χ2n) is 5.76. The van der Waals surface area contributed by atoms with Gasteiger partial charge in [0.15, 0.2) is 0 Å². The van der Waals surface area contributed by atoms with E-state index in [1.54, 1.807) is 6.92 Å². The number of hydrogen-bond acceptors (Lipinski definition) is 3. The Morgan fingerprint density at radius 3 is 2.80 bits per heavy atom. The molecule has 3 nitrogen and oxygen atoms in total. The number of nitrogens with two attached hydrogens (primary N) is 1. The van der Waals surface area contributed by atoms with Crippen LogP contribution >= 0.6 is 0 Å². The van der Waals surface area contributed by atoms with Gasteiger partial charge in [0, 0.05) is 25.7 Å². The summed E-state index contributed by atoms with van der Waals surface area (Å²) in [6.07, 6.45) is 2.63. The molecule has 1 aromatic rings. The highest BCUT2D eigenvalue weighted by atomic mass is 19.1. The maximum absolute atomic E-state index is 13.3. The summed E-state index contributed by atoms with van der Waals surface area (Å²) in [4.78, 5) is 2.18. The zero-order valence-corrected chi connectivity index (χ0v) is 12.4. The molecule has 20 heavy (non-hydrogen) atoms. The van der Waals surface area contributed by atoms with Crippen LogP contribution in [0.4, 0.5) is 4.39 Å². The molecule has 0 saturated heterocycles. The van der Waals surface area contributed by atoms with E-state index in [1.165, 1.54) is 18.9 Å². The standard InChI is InChI=1S/C16H25FN2O/c1-12-9-14(5-6-15(12)17)16(10-18)19(2)7-8-20-11-13-3-4-13/h5-6,9,13,16H,3-4,7-8,10-11,18H2,1-2H3. The molecule has 0 amide bonds. The molecule has 0 heterocycles. The Labute approximate surface area is 120 Å². The molecule has 0 aromatic heterocycles. The number of benzene rings is 1. The molecule has 2 rings (SSSR count). The van der Waals surface area contributed by atoms with Crippen LogP contribution in [0.3, 0.4) is 0 Å². The van der Waals surface area contributed by atoms with Gasteiger partial charge in [0.05, 0.1) is 6.61 Å². The lowest BCUT2D eigenvalue weighted by Crippen LogP contribution is -2.33. The summed E-state index contributed by atoms with van der Waals surface area (Å²) in [5.74, 6) is 0.630. The monoisotopic (exact) mass is 280 g/mol. The topological polar surface area (TPSA) is 38.5 Å². The van der Waals surface area contributed by atoms with E-state index in [9.17, 15) is 4.39 Å². The lowest BCUT2D eigenvalue weighted by molar-refractivity contribution is 0.0922. The quantitative estimate of drug-likeness (QED) is 0.744. The van der Waals surface area contributed by atoms with Crippen molar-refractivity contribution in [2.75, 3.05) is 33.4 Å². The molecule has 1 fully saturated rings. The van der Waals surface area contributed by atoms with Crippen LogP contribution in [-0.4, -0.2) is 38.3 Å². The first-order chi connectivity index (χ1) is 9.61. The van der Waals surface area contributed by atoms with Crippen LogP contribution in [0, 0.1) is 18.7 Å². The van der Waals surface area contributed by atoms with Crippen molar-refractivity contribution >= 4 is 0 Å². The highest BCUT2D eigenvalue weighted by molar-refractivity contribution is 5.26. The minimum Gasteiger partial charge on any atom is -0.380 e. The molecule has 4 heteroatoms. The van der Waals surface area contributed by atoms with Crippen molar-refractivity contribution in [3.63, 3.8) is 0 Å². The van der Waals surface area contributed by atoms with Crippen molar-refractivity contribution < 1.29 is 9.13 Å². The molecule has 0 aliphatic heterocycles. The molecule has 1 aromatic carbocycles. The van der Waals surface area contributed by atoms with Gasteiger partial charge in [0.1, 0.15) is 5.82 Å². The van der Waals surface area contributed by atoms with Gasteiger partial charge in [-0.05, 0) is 49.9 Å². The fourth-order valence-corrected chi connectivity index (χ4v) is 2.34. The third-order valence-corrected chi connectivity index (χ3v) is 3.96. The van der Waals surface area contributed by atoms with E-state index < -0.39 is 0 Å². The van der Waals surface area contributed by atoms with Crippen LogP contribution in [0.2, 0.25) is 0 Å². The van der Waals surface area contributed by atoms with E-state index >= 15 is 0 Å². The summed E-state index contributed by atoms with van der Waals surface area (Å²) in [6, 6.07) is 5.33. The van der Waals surface area contributed by atoms with Crippen LogP contribution in [-0.2, 0) is 4.74 Å². The molecular weight excluding hydrogens is 255 g/mol. The molecule has 2 N–H and O–H groups in total. The second kappa shape index (κ2) is 7.16. The first kappa shape index (κ1) is 15.4. The van der Waals surface area contributed by atoms with Gasteiger partial charge in [0.2, 0.25) is 0 Å². The predicted molar refractivity (Wildman–Crippen MR) is 79.1 cm³/mol. The number of ether oxygens (including phenoxy) is 1. The Balaban J connectivity index is 1.86. The van der Waals surface area contributed by atoms with Gasteiger partial charge < -0.3 is 10.5 Å². The number of halogens is 1. The fourth-order valence-electron chi connectivity index (χ4n) is 2.34. The van der Waals surface area contributed by atoms with Crippen LogP contribution in [0.15, 0.2) is 18.2 Å². The average molecular weight is 280 g/mol. The van der Waals surface area contributed by atoms with Crippen molar-refractivity contribution in [2.45, 2.75) is 25.8 Å². The Hall–Kier alpha value is -0.970. The zero-order chi connectivity index (χ0) is 14.5. The average Bonchev–Trinajstić information content (AvgIpc) is 3.24. The third kappa shape index (κ3) is 4.27. The van der Waals surface area contributed by atoms with E-state index in [-0.39, 0.29) is 11.9 Å². The summed E-state index contributed by atoms with van der Waals surface area (Å²) >= 11 is 0. The van der Waals surface area contributed by atoms with Crippen LogP contribution < -0.4 is 5.73 Å². The smallest absolute Gasteiger partial charge is 0.126 e. The zero-order valence-electron chi connectivity index (χ0n) is 12.4. The molecule has 0 radical (unpaired) electrons. The molecule has 1 aliphatic rings. The lowest BCUT2D eigenvalue weighted by atomic mass is 10.0. The number of hydrogen-bond donors (Lipinski definition) is 1. The molecule has 0 bridgehead atoms. The van der Waals surface area contributed by atoms with Gasteiger partial charge in [-0.25, -0.2) is 4.39 Å². The lowest BCUT2D eigenvalue weighted by Gasteiger charge is -2.27. The fraction of sp³-hybridized carbons (Fsp3) is 0.625. The number of rotatable bonds is 8. The molecule has 0 spiro atoms. The summed E-state index contributed by atoms with van der Waals surface area (Å²) in [7, 11) is 2.04. The first-order valence-corrected chi connectivity index (χ1v) is 7.36. The second-order valence-corrected chi connectivity index (χ2v) is 5.76. The summed E-state index contributed by atoms with van der Waals surface area (Å²) in [5.41, 5.74) is 7.61. The Bertz CT molecular complexity index is 434. The Morgan fingerprint density at radius 2 is 2.20 bits per heavy atom. The summed E-state index contributed by atoms with van der Waals surface area (Å²) in [5, 5.41) is 0. The number of aryl methyl sites for hydroxylation is 1. The largest absolute Gasteiger partial charge is 0.380 e. The minimum atomic E-state index is -0.167. The maximum atomic E-state index is 13.3. The van der Waals surface area contributed by atoms with Gasteiger partial charge in [-0.1, -0.05) is 12.1 Å². The van der Waals surface area contributed by atoms with E-state index in [4.69, 9.17) is 10.5 Å². The van der Waals surface area contributed by atoms with E-state index in [0.717, 1.165) is 31.2 Å². The maximum Gasteiger partial charge on any atom is 0.126 e. The minimum absolute atomic E-state index is 0.110. The van der Waals surface area contributed by atoms with E-state index in [0.29, 0.717) is 12.1 Å². The molecule has 112 valence electrons. The van der Waals surface area contributed by atoms with Crippen LogP contribution in [0.5, 0.6) is 0 Å². The van der Waals surface area contributed by atoms with Crippen LogP contribution in [0.25, 0.3) is 0 Å². The van der Waals surface area contributed by atoms with Crippen LogP contribution in [0.1, 0.15) is 30.0 Å². The van der Waals surface area contributed by atoms with Gasteiger partial charge in [-0.2, -0.15) is 0 Å². The summed E-state index contributed by atoms with van der Waals surface area (Å²) < 4.78 is 19.0. The molecule has 1 unspecified atom stereocenters. The van der Waals surface area contributed by atoms with Gasteiger partial charge in [-0.3, -0.25) is 4.90 Å². The third-order valence-electron chi connectivity index (χ3n) is 3.96. The van der Waals surface area contributed by atoms with Gasteiger partial charge >= 0.3 is 0 Å². The molecular formula is C16H25FN2O. The van der Waals surface area contributed by atoms with E-state index in [1.807, 2.05) is 19.2 Å². The molecule has 1 atom stereocenters. The van der Waals surface area contributed by atoms with Crippen molar-refractivity contribution in [1.82, 2.24) is 4.90 Å². The number of likely N-dealkylation sites (N-methyl/N-ethyl adjacent to an activating group) is 1. The Kier molecular flexibility index (Phi) is 5.52. The van der Waals surface area contributed by atoms with Crippen molar-refractivity contribution in [2.24, 2.45) is 11.7 Å². The Morgan fingerprint density at radius 1 is 1.45 bits per heavy atom. The van der Waals surface area contributed by atoms with E-state index in [2.05, 4.69) is 4.90 Å². The van der Waals surface area contributed by atoms with Gasteiger partial charge in [-0.15, -0.1) is 0 Å². The predicted octanol–water partition coefficient (Wildman–Crippen LogP) is 2.49. The first-order valence-electron chi connectivity index (χ1n) is 7.36. The molecule has 1 saturated carbocycles. The molecule has 1 aliphatic carbocycles. The number of nitrogens with zero attached hydrogens (tertiary/aromatic N) is 1. The van der Waals surface area contributed by atoms with Gasteiger partial charge in [0.25, 0.3) is 0 Å². The summed E-state index contributed by atoms with van der Waals surface area (Å²) in [6.45, 7) is 4.75. The van der Waals surface area contributed by atoms with Crippen molar-refractivity contribution in [3.8, 4) is 0 Å². The SMILES string of the molecule is Cc1cc(C(CN)N(C)CCOCC2CC2)ccc1F. The van der Waals surface area contributed by atoms with Crippen molar-refractivity contribution in [1.29, 1.82) is 0 Å². The van der Waals surface area contributed by atoms with Crippen molar-refractivity contribution in [3.05, 3.63) is 35.1 Å². The highest BCUT2D eigenvalue weighted by Gasteiger charge is 2.21. The normalized spacial score (nSPS) is 16.6.